The first kappa shape index (κ1) is 20.3. The molecular weight excluding hydrogens is 410 g/mol. The van der Waals surface area contributed by atoms with Crippen LogP contribution in [0.4, 0.5) is 0 Å². The summed E-state index contributed by atoms with van der Waals surface area (Å²) in [4.78, 5) is 18.3. The number of aromatic nitrogens is 1. The van der Waals surface area contributed by atoms with E-state index >= 15 is 0 Å². The molecule has 0 spiro atoms. The van der Waals surface area contributed by atoms with Crippen molar-refractivity contribution < 1.29 is 17.9 Å². The average molecular weight is 434 g/mol. The Balaban J connectivity index is 1.35. The second-order valence-corrected chi connectivity index (χ2v) is 10.2. The van der Waals surface area contributed by atoms with Crippen molar-refractivity contribution in [2.45, 2.75) is 28.1 Å². The van der Waals surface area contributed by atoms with Gasteiger partial charge in [0.25, 0.3) is 0 Å². The zero-order valence-corrected chi connectivity index (χ0v) is 17.6. The molecule has 2 saturated heterocycles. The van der Waals surface area contributed by atoms with Crippen LogP contribution in [0.5, 0.6) is 0 Å². The number of benzene rings is 1. The Labute approximate surface area is 175 Å². The normalized spacial score (nSPS) is 21.2. The van der Waals surface area contributed by atoms with Crippen molar-refractivity contribution in [3.8, 4) is 0 Å². The van der Waals surface area contributed by atoms with Gasteiger partial charge in [0.05, 0.1) is 11.6 Å². The van der Waals surface area contributed by atoms with Gasteiger partial charge in [-0.15, -0.1) is 0 Å². The van der Waals surface area contributed by atoms with Gasteiger partial charge in [0, 0.05) is 45.3 Å². The lowest BCUT2D eigenvalue weighted by Gasteiger charge is -2.33. The third-order valence-electron chi connectivity index (χ3n) is 5.08. The van der Waals surface area contributed by atoms with Crippen molar-refractivity contribution in [1.29, 1.82) is 0 Å². The first-order valence-electron chi connectivity index (χ1n) is 9.58. The largest absolute Gasteiger partial charge is 0.465 e. The molecule has 0 amide bonds. The van der Waals surface area contributed by atoms with E-state index in [1.165, 1.54) is 27.8 Å². The molecule has 29 heavy (non-hydrogen) atoms. The van der Waals surface area contributed by atoms with E-state index in [0.29, 0.717) is 44.2 Å². The number of rotatable bonds is 6. The summed E-state index contributed by atoms with van der Waals surface area (Å²) in [5.74, 6) is -0.234. The molecule has 2 aliphatic heterocycles. The van der Waals surface area contributed by atoms with Gasteiger partial charge in [-0.1, -0.05) is 42.1 Å². The van der Waals surface area contributed by atoms with E-state index in [1.54, 1.807) is 12.1 Å². The molecule has 0 aliphatic carbocycles. The van der Waals surface area contributed by atoms with E-state index in [9.17, 15) is 13.2 Å². The smallest absolute Gasteiger partial charge is 0.319 e. The summed E-state index contributed by atoms with van der Waals surface area (Å²) in [7, 11) is -3.57. The van der Waals surface area contributed by atoms with Crippen molar-refractivity contribution >= 4 is 27.8 Å². The standard InChI is InChI=1S/C20H23N3O4S2/c24-20-18(8-13-27-20)28-19-7-6-17(14-21-19)29(25,26)23-11-9-22(10-12-23)15-16-4-2-1-3-5-16/h1-7,14,18H,8-13,15H2/t18-/m0/s1. The maximum Gasteiger partial charge on any atom is 0.319 e. The van der Waals surface area contributed by atoms with Gasteiger partial charge in [-0.05, 0) is 17.7 Å². The van der Waals surface area contributed by atoms with E-state index in [2.05, 4.69) is 22.0 Å². The monoisotopic (exact) mass is 433 g/mol. The van der Waals surface area contributed by atoms with Gasteiger partial charge in [-0.2, -0.15) is 4.31 Å². The van der Waals surface area contributed by atoms with Gasteiger partial charge in [-0.25, -0.2) is 13.4 Å². The van der Waals surface area contributed by atoms with Gasteiger partial charge < -0.3 is 4.74 Å². The highest BCUT2D eigenvalue weighted by atomic mass is 32.2. The summed E-state index contributed by atoms with van der Waals surface area (Å²) in [6.45, 7) is 3.56. The Morgan fingerprint density at radius 1 is 1.07 bits per heavy atom. The molecule has 1 aromatic carbocycles. The molecule has 0 unspecified atom stereocenters. The van der Waals surface area contributed by atoms with Crippen molar-refractivity contribution in [1.82, 2.24) is 14.2 Å². The molecule has 2 fully saturated rings. The third-order valence-corrected chi connectivity index (χ3v) is 8.16. The number of cyclic esters (lactones) is 1. The highest BCUT2D eigenvalue weighted by Crippen LogP contribution is 2.29. The molecule has 0 bridgehead atoms. The fraction of sp³-hybridized carbons (Fsp3) is 0.400. The lowest BCUT2D eigenvalue weighted by Crippen LogP contribution is -2.48. The molecule has 9 heteroatoms. The van der Waals surface area contributed by atoms with Crippen LogP contribution < -0.4 is 0 Å². The fourth-order valence-corrected chi connectivity index (χ4v) is 5.74. The predicted octanol–water partition coefficient (Wildman–Crippen LogP) is 2.00. The van der Waals surface area contributed by atoms with Crippen LogP contribution in [0.25, 0.3) is 0 Å². The molecule has 4 rings (SSSR count). The van der Waals surface area contributed by atoms with Crippen LogP contribution in [-0.2, 0) is 26.1 Å². The molecule has 7 nitrogen and oxygen atoms in total. The summed E-state index contributed by atoms with van der Waals surface area (Å²) in [5, 5.41) is 0.364. The Hall–Kier alpha value is -1.94. The lowest BCUT2D eigenvalue weighted by molar-refractivity contribution is -0.137. The number of ether oxygens (including phenoxy) is 1. The van der Waals surface area contributed by atoms with Crippen molar-refractivity contribution in [2.75, 3.05) is 32.8 Å². The number of carbonyl (C=O) groups is 1. The summed E-state index contributed by atoms with van der Waals surface area (Å²) in [6.07, 6.45) is 2.03. The predicted molar refractivity (Wildman–Crippen MR) is 110 cm³/mol. The minimum Gasteiger partial charge on any atom is -0.465 e. The molecule has 0 radical (unpaired) electrons. The van der Waals surface area contributed by atoms with Gasteiger partial charge in [0.15, 0.2) is 0 Å². The van der Waals surface area contributed by atoms with Gasteiger partial charge >= 0.3 is 5.97 Å². The molecule has 1 aromatic heterocycles. The van der Waals surface area contributed by atoms with Crippen LogP contribution in [-0.4, -0.2) is 66.6 Å². The lowest BCUT2D eigenvalue weighted by atomic mass is 10.2. The van der Waals surface area contributed by atoms with Crippen LogP contribution in [0.2, 0.25) is 0 Å². The number of nitrogens with zero attached hydrogens (tertiary/aromatic N) is 3. The quantitative estimate of drug-likeness (QED) is 0.645. The molecule has 2 aromatic rings. The molecule has 1 atom stereocenters. The Morgan fingerprint density at radius 3 is 2.45 bits per heavy atom. The van der Waals surface area contributed by atoms with Gasteiger partial charge in [-0.3, -0.25) is 9.69 Å². The zero-order valence-electron chi connectivity index (χ0n) is 15.9. The van der Waals surface area contributed by atoms with E-state index in [-0.39, 0.29) is 16.1 Å². The summed E-state index contributed by atoms with van der Waals surface area (Å²) in [6, 6.07) is 13.4. The first-order valence-corrected chi connectivity index (χ1v) is 11.9. The first-order chi connectivity index (χ1) is 14.0. The van der Waals surface area contributed by atoms with Crippen LogP contribution in [0.1, 0.15) is 12.0 Å². The topological polar surface area (TPSA) is 79.8 Å². The second-order valence-electron chi connectivity index (χ2n) is 7.06. The van der Waals surface area contributed by atoms with E-state index in [4.69, 9.17) is 4.74 Å². The fourth-order valence-electron chi connectivity index (χ4n) is 3.44. The molecule has 2 aliphatic rings. The second kappa shape index (κ2) is 8.83. The number of hydrogen-bond donors (Lipinski definition) is 0. The van der Waals surface area contributed by atoms with E-state index in [0.717, 1.165) is 6.54 Å². The number of piperazine rings is 1. The minimum atomic E-state index is -3.57. The van der Waals surface area contributed by atoms with Crippen LogP contribution >= 0.6 is 11.8 Å². The number of hydrogen-bond acceptors (Lipinski definition) is 7. The SMILES string of the molecule is O=C1OCC[C@@H]1Sc1ccc(S(=O)(=O)N2CCN(Cc3ccccc3)CC2)cn1. The summed E-state index contributed by atoms with van der Waals surface area (Å²) in [5.41, 5.74) is 1.23. The average Bonchev–Trinajstić information content (AvgIpc) is 3.14. The van der Waals surface area contributed by atoms with Crippen molar-refractivity contribution in [3.05, 3.63) is 54.2 Å². The molecular formula is C20H23N3O4S2. The number of carbonyl (C=O) groups excluding carboxylic acids is 1. The van der Waals surface area contributed by atoms with Crippen LogP contribution in [0.15, 0.2) is 58.6 Å². The third kappa shape index (κ3) is 4.80. The van der Waals surface area contributed by atoms with Crippen molar-refractivity contribution in [3.63, 3.8) is 0 Å². The zero-order chi connectivity index (χ0) is 20.3. The van der Waals surface area contributed by atoms with Crippen LogP contribution in [0.3, 0.4) is 0 Å². The summed E-state index contributed by atoms with van der Waals surface area (Å²) >= 11 is 1.31. The maximum absolute atomic E-state index is 12.9. The minimum absolute atomic E-state index is 0.187. The Bertz CT molecular complexity index is 943. The molecule has 0 N–H and O–H groups in total. The summed E-state index contributed by atoms with van der Waals surface area (Å²) < 4.78 is 32.4. The number of pyridine rings is 1. The number of thioether (sulfide) groups is 1. The Morgan fingerprint density at radius 2 is 1.83 bits per heavy atom. The Kier molecular flexibility index (Phi) is 6.19. The number of sulfonamides is 1. The molecule has 154 valence electrons. The molecule has 3 heterocycles. The number of esters is 1. The highest BCUT2D eigenvalue weighted by Gasteiger charge is 2.30. The van der Waals surface area contributed by atoms with E-state index in [1.807, 2.05) is 18.2 Å². The molecule has 0 saturated carbocycles. The van der Waals surface area contributed by atoms with Gasteiger partial charge in [0.1, 0.15) is 10.1 Å². The maximum atomic E-state index is 12.9. The highest BCUT2D eigenvalue weighted by molar-refractivity contribution is 8.00. The van der Waals surface area contributed by atoms with E-state index < -0.39 is 10.0 Å². The van der Waals surface area contributed by atoms with Crippen molar-refractivity contribution in [2.24, 2.45) is 0 Å². The van der Waals surface area contributed by atoms with Gasteiger partial charge in [0.2, 0.25) is 10.0 Å². The van der Waals surface area contributed by atoms with Crippen LogP contribution in [0, 0.1) is 0 Å².